The van der Waals surface area contributed by atoms with Crippen molar-refractivity contribution in [1.29, 1.82) is 0 Å². The van der Waals surface area contributed by atoms with Crippen LogP contribution in [0.3, 0.4) is 0 Å². The fraction of sp³-hybridized carbons (Fsp3) is 0.300. The first-order valence-electron chi connectivity index (χ1n) is 4.54. The second-order valence-corrected chi connectivity index (χ2v) is 3.95. The number of halogens is 1. The molecule has 5 heteroatoms. The molecule has 1 aliphatic rings. The summed E-state index contributed by atoms with van der Waals surface area (Å²) in [5, 5.41) is 3.59. The molecule has 80 valence electrons. The van der Waals surface area contributed by atoms with E-state index in [2.05, 4.69) is 5.32 Å². The Morgan fingerprint density at radius 1 is 1.47 bits per heavy atom. The molecule has 0 spiro atoms. The Hall–Kier alpha value is -1.26. The number of carbonyl (C=O) groups excluding carboxylic acids is 1. The summed E-state index contributed by atoms with van der Waals surface area (Å²) in [7, 11) is 0. The second-order valence-electron chi connectivity index (χ2n) is 3.54. The summed E-state index contributed by atoms with van der Waals surface area (Å²) in [6.45, 7) is 0.571. The Bertz CT molecular complexity index is 391. The number of hydrogen-bond donors (Lipinski definition) is 2. The topological polar surface area (TPSA) is 64.4 Å². The highest BCUT2D eigenvalue weighted by molar-refractivity contribution is 6.33. The third-order valence-electron chi connectivity index (χ3n) is 2.42. The molecule has 1 saturated heterocycles. The zero-order valence-electron chi connectivity index (χ0n) is 8.00. The maximum Gasteiger partial charge on any atom is 0.247 e. The molecule has 2 rings (SSSR count). The number of rotatable bonds is 3. The summed E-state index contributed by atoms with van der Waals surface area (Å²) < 4.78 is 5.01. The number of amides is 1. The van der Waals surface area contributed by atoms with Crippen molar-refractivity contribution < 1.29 is 9.53 Å². The van der Waals surface area contributed by atoms with Gasteiger partial charge in [0.25, 0.3) is 0 Å². The summed E-state index contributed by atoms with van der Waals surface area (Å²) in [6, 6.07) is 7.20. The molecular formula is C10H11ClN2O2. The number of para-hydroxylation sites is 1. The van der Waals surface area contributed by atoms with E-state index >= 15 is 0 Å². The average Bonchev–Trinajstić information content (AvgIpc) is 2.13. The van der Waals surface area contributed by atoms with Gasteiger partial charge in [0.1, 0.15) is 0 Å². The van der Waals surface area contributed by atoms with E-state index in [0.717, 1.165) is 0 Å². The molecule has 1 amide bonds. The predicted molar refractivity (Wildman–Crippen MR) is 57.8 cm³/mol. The van der Waals surface area contributed by atoms with Gasteiger partial charge in [-0.25, -0.2) is 0 Å². The van der Waals surface area contributed by atoms with Crippen molar-refractivity contribution in [2.45, 2.75) is 5.54 Å². The Morgan fingerprint density at radius 3 is 2.60 bits per heavy atom. The fourth-order valence-electron chi connectivity index (χ4n) is 1.40. The van der Waals surface area contributed by atoms with Crippen LogP contribution in [0.25, 0.3) is 0 Å². The van der Waals surface area contributed by atoms with Gasteiger partial charge >= 0.3 is 0 Å². The van der Waals surface area contributed by atoms with Crippen LogP contribution in [0.5, 0.6) is 0 Å². The summed E-state index contributed by atoms with van der Waals surface area (Å²) >= 11 is 5.96. The van der Waals surface area contributed by atoms with Gasteiger partial charge in [0.05, 0.1) is 23.9 Å². The van der Waals surface area contributed by atoms with Crippen LogP contribution >= 0.6 is 11.6 Å². The van der Waals surface area contributed by atoms with Crippen molar-refractivity contribution in [1.82, 2.24) is 0 Å². The zero-order valence-corrected chi connectivity index (χ0v) is 8.75. The standard InChI is InChI=1S/C10H11ClN2O2/c11-7-3-1-2-4-8(7)13-10(9(12)14)5-15-6-10/h1-4,13H,5-6H2,(H2,12,14). The lowest BCUT2D eigenvalue weighted by Crippen LogP contribution is -2.64. The normalized spacial score (nSPS) is 17.9. The van der Waals surface area contributed by atoms with E-state index in [4.69, 9.17) is 22.1 Å². The molecular weight excluding hydrogens is 216 g/mol. The third-order valence-corrected chi connectivity index (χ3v) is 2.75. The molecule has 1 aromatic rings. The fourth-order valence-corrected chi connectivity index (χ4v) is 1.59. The maximum atomic E-state index is 11.3. The van der Waals surface area contributed by atoms with Crippen LogP contribution in [-0.4, -0.2) is 24.7 Å². The minimum atomic E-state index is -0.801. The number of primary amides is 1. The first kappa shape index (κ1) is 10.3. The highest BCUT2D eigenvalue weighted by Crippen LogP contribution is 2.28. The zero-order chi connectivity index (χ0) is 10.9. The molecule has 0 radical (unpaired) electrons. The smallest absolute Gasteiger partial charge is 0.247 e. The van der Waals surface area contributed by atoms with E-state index in [9.17, 15) is 4.79 Å². The molecule has 3 N–H and O–H groups in total. The molecule has 0 saturated carbocycles. The number of ether oxygens (including phenoxy) is 1. The number of nitrogens with two attached hydrogens (primary N) is 1. The van der Waals surface area contributed by atoms with Gasteiger partial charge in [0.15, 0.2) is 5.54 Å². The predicted octanol–water partition coefficient (Wildman–Crippen LogP) is 1.01. The van der Waals surface area contributed by atoms with Crippen LogP contribution < -0.4 is 11.1 Å². The Kier molecular flexibility index (Phi) is 2.54. The Morgan fingerprint density at radius 2 is 2.13 bits per heavy atom. The monoisotopic (exact) mass is 226 g/mol. The number of anilines is 1. The summed E-state index contributed by atoms with van der Waals surface area (Å²) in [4.78, 5) is 11.3. The first-order chi connectivity index (χ1) is 7.14. The summed E-state index contributed by atoms with van der Waals surface area (Å²) in [5.41, 5.74) is 5.20. The number of benzene rings is 1. The van der Waals surface area contributed by atoms with Gasteiger partial charge in [0, 0.05) is 0 Å². The molecule has 0 aromatic heterocycles. The molecule has 1 heterocycles. The number of carbonyl (C=O) groups is 1. The molecule has 1 aromatic carbocycles. The second kappa shape index (κ2) is 3.72. The molecule has 0 aliphatic carbocycles. The van der Waals surface area contributed by atoms with E-state index in [1.165, 1.54) is 0 Å². The van der Waals surface area contributed by atoms with Crippen LogP contribution in [0.2, 0.25) is 5.02 Å². The van der Waals surface area contributed by atoms with Gasteiger partial charge in [-0.05, 0) is 12.1 Å². The van der Waals surface area contributed by atoms with Crippen molar-refractivity contribution in [2.75, 3.05) is 18.5 Å². The SMILES string of the molecule is NC(=O)C1(Nc2ccccc2Cl)COC1. The number of nitrogens with one attached hydrogen (secondary N) is 1. The molecule has 15 heavy (non-hydrogen) atoms. The van der Waals surface area contributed by atoms with Gasteiger partial charge in [-0.2, -0.15) is 0 Å². The minimum absolute atomic E-state index is 0.285. The Balaban J connectivity index is 2.21. The van der Waals surface area contributed by atoms with Crippen molar-refractivity contribution in [3.63, 3.8) is 0 Å². The van der Waals surface area contributed by atoms with Gasteiger partial charge in [0.2, 0.25) is 5.91 Å². The van der Waals surface area contributed by atoms with E-state index in [1.807, 2.05) is 12.1 Å². The van der Waals surface area contributed by atoms with Crippen LogP contribution in [0.15, 0.2) is 24.3 Å². The summed E-state index contributed by atoms with van der Waals surface area (Å²) in [6.07, 6.45) is 0. The van der Waals surface area contributed by atoms with Gasteiger partial charge in [-0.3, -0.25) is 4.79 Å². The lowest BCUT2D eigenvalue weighted by molar-refractivity contribution is -0.137. The molecule has 4 nitrogen and oxygen atoms in total. The average molecular weight is 227 g/mol. The number of hydrogen-bond acceptors (Lipinski definition) is 3. The third kappa shape index (κ3) is 1.78. The van der Waals surface area contributed by atoms with Crippen molar-refractivity contribution in [2.24, 2.45) is 5.73 Å². The highest BCUT2D eigenvalue weighted by atomic mass is 35.5. The minimum Gasteiger partial charge on any atom is -0.375 e. The van der Waals surface area contributed by atoms with E-state index < -0.39 is 11.4 Å². The molecule has 0 unspecified atom stereocenters. The quantitative estimate of drug-likeness (QED) is 0.809. The van der Waals surface area contributed by atoms with Crippen LogP contribution in [0.1, 0.15) is 0 Å². The van der Waals surface area contributed by atoms with Gasteiger partial charge in [-0.15, -0.1) is 0 Å². The molecule has 1 fully saturated rings. The largest absolute Gasteiger partial charge is 0.375 e. The molecule has 0 atom stereocenters. The lowest BCUT2D eigenvalue weighted by Gasteiger charge is -2.39. The van der Waals surface area contributed by atoms with Crippen molar-refractivity contribution in [3.05, 3.63) is 29.3 Å². The van der Waals surface area contributed by atoms with E-state index in [-0.39, 0.29) is 13.2 Å². The van der Waals surface area contributed by atoms with Gasteiger partial charge < -0.3 is 15.8 Å². The maximum absolute atomic E-state index is 11.3. The highest BCUT2D eigenvalue weighted by Gasteiger charge is 2.44. The molecule has 1 aliphatic heterocycles. The van der Waals surface area contributed by atoms with E-state index in [0.29, 0.717) is 10.7 Å². The van der Waals surface area contributed by atoms with Crippen LogP contribution in [0, 0.1) is 0 Å². The van der Waals surface area contributed by atoms with E-state index in [1.54, 1.807) is 12.1 Å². The molecule has 0 bridgehead atoms. The summed E-state index contributed by atoms with van der Waals surface area (Å²) in [5.74, 6) is -0.423. The first-order valence-corrected chi connectivity index (χ1v) is 4.92. The van der Waals surface area contributed by atoms with Crippen LogP contribution in [0.4, 0.5) is 5.69 Å². The Labute approximate surface area is 92.4 Å². The lowest BCUT2D eigenvalue weighted by atomic mass is 9.96. The van der Waals surface area contributed by atoms with Gasteiger partial charge in [-0.1, -0.05) is 23.7 Å². The van der Waals surface area contributed by atoms with Crippen molar-refractivity contribution >= 4 is 23.2 Å². The van der Waals surface area contributed by atoms with Crippen LogP contribution in [-0.2, 0) is 9.53 Å². The van der Waals surface area contributed by atoms with Crippen molar-refractivity contribution in [3.8, 4) is 0 Å².